The average Bonchev–Trinajstić information content (AvgIpc) is 3.83. The zero-order valence-corrected chi connectivity index (χ0v) is 29.8. The van der Waals surface area contributed by atoms with E-state index in [-0.39, 0.29) is 0 Å². The first-order chi connectivity index (χ1) is 27.2. The monoisotopic (exact) mass is 707 g/mol. The van der Waals surface area contributed by atoms with E-state index < -0.39 is 0 Å². The fourth-order valence-corrected chi connectivity index (χ4v) is 7.63. The second-order valence-corrected chi connectivity index (χ2v) is 13.6. The lowest BCUT2D eigenvalue weighted by Gasteiger charge is -2.09. The number of furan rings is 2. The van der Waals surface area contributed by atoms with Crippen molar-refractivity contribution in [3.8, 4) is 22.3 Å². The highest BCUT2D eigenvalue weighted by Gasteiger charge is 2.19. The molecule has 0 aliphatic heterocycles. The number of amidine groups is 2. The maximum atomic E-state index is 6.44. The molecule has 0 aliphatic carbocycles. The summed E-state index contributed by atoms with van der Waals surface area (Å²) in [7, 11) is 0. The number of nitrogens with zero attached hydrogens (tertiary/aromatic N) is 3. The van der Waals surface area contributed by atoms with Gasteiger partial charge in [0.15, 0.2) is 11.7 Å². The van der Waals surface area contributed by atoms with Gasteiger partial charge in [-0.15, -0.1) is 0 Å². The highest BCUT2D eigenvalue weighted by atomic mass is 16.3. The summed E-state index contributed by atoms with van der Waals surface area (Å²) in [5, 5.41) is 6.21. The zero-order chi connectivity index (χ0) is 36.7. The summed E-state index contributed by atoms with van der Waals surface area (Å²) in [4.78, 5) is 15.0. The molecule has 2 heterocycles. The maximum absolute atomic E-state index is 6.44. The van der Waals surface area contributed by atoms with Crippen molar-refractivity contribution in [2.75, 3.05) is 0 Å². The van der Waals surface area contributed by atoms with Crippen LogP contribution < -0.4 is 0 Å². The number of aliphatic imine (C=N–C) groups is 3. The van der Waals surface area contributed by atoms with Gasteiger partial charge in [-0.25, -0.2) is 9.98 Å². The van der Waals surface area contributed by atoms with Gasteiger partial charge in [0.1, 0.15) is 22.3 Å². The highest BCUT2D eigenvalue weighted by molar-refractivity contribution is 6.25. The topological polar surface area (TPSA) is 63.4 Å². The summed E-state index contributed by atoms with van der Waals surface area (Å²) in [5.41, 5.74) is 10.4. The van der Waals surface area contributed by atoms with Crippen LogP contribution in [0.4, 0.5) is 0 Å². The predicted molar refractivity (Wildman–Crippen MR) is 229 cm³/mol. The van der Waals surface area contributed by atoms with Gasteiger partial charge < -0.3 is 8.83 Å². The van der Waals surface area contributed by atoms with E-state index in [1.165, 1.54) is 16.3 Å². The maximum Gasteiger partial charge on any atom is 0.161 e. The minimum Gasteiger partial charge on any atom is -0.456 e. The Morgan fingerprint density at radius 2 is 1.04 bits per heavy atom. The number of para-hydroxylation sites is 1. The van der Waals surface area contributed by atoms with Gasteiger partial charge in [-0.1, -0.05) is 133 Å². The molecule has 0 spiro atoms. The smallest absolute Gasteiger partial charge is 0.161 e. The molecular formula is C50H33N3O2. The normalized spacial score (nSPS) is 12.4. The van der Waals surface area contributed by atoms with Crippen LogP contribution in [-0.2, 0) is 6.54 Å². The molecule has 0 bridgehead atoms. The molecule has 2 aromatic heterocycles. The summed E-state index contributed by atoms with van der Waals surface area (Å²) in [6, 6.07) is 60.3. The molecule has 260 valence electrons. The van der Waals surface area contributed by atoms with Crippen LogP contribution in [0.5, 0.6) is 0 Å². The van der Waals surface area contributed by atoms with Crippen LogP contribution in [-0.4, -0.2) is 18.4 Å². The van der Waals surface area contributed by atoms with E-state index in [0.717, 1.165) is 77.3 Å². The molecule has 5 nitrogen and oxygen atoms in total. The third-order valence-corrected chi connectivity index (χ3v) is 10.3. The molecule has 10 rings (SSSR count). The minimum absolute atomic E-state index is 0.421. The SMILES string of the molecule is C=N/C(=N\C(=N/Cc1ccc2ccccc2c1)c1cccc2oc3ccccc3c12)c1cccc2oc3ccc(-c4cccc(-c5ccccc5)c4)cc3c12. The highest BCUT2D eigenvalue weighted by Crippen LogP contribution is 2.37. The Balaban J connectivity index is 1.14. The van der Waals surface area contributed by atoms with Crippen molar-refractivity contribution in [2.24, 2.45) is 15.0 Å². The van der Waals surface area contributed by atoms with Crippen molar-refractivity contribution in [3.63, 3.8) is 0 Å². The van der Waals surface area contributed by atoms with Crippen molar-refractivity contribution in [3.05, 3.63) is 193 Å². The van der Waals surface area contributed by atoms with Gasteiger partial charge in [0, 0.05) is 32.7 Å². The Morgan fingerprint density at radius 1 is 0.436 bits per heavy atom. The Morgan fingerprint density at radius 3 is 1.84 bits per heavy atom. The summed E-state index contributed by atoms with van der Waals surface area (Å²) in [6.45, 7) is 4.45. The number of rotatable bonds is 6. The molecule has 8 aromatic carbocycles. The lowest BCUT2D eigenvalue weighted by molar-refractivity contribution is 0.668. The molecular weight excluding hydrogens is 675 g/mol. The molecule has 0 N–H and O–H groups in total. The van der Waals surface area contributed by atoms with Crippen LogP contribution in [0.15, 0.2) is 200 Å². The molecule has 0 aliphatic rings. The standard InChI is InChI=1S/C50H33N3O2/c1-51-49(40-19-10-23-46-48(40)42-30-38(26-27-44(42)55-46)37-17-9-16-36(29-37)33-12-3-2-4-13-33)53-50(52-31-32-24-25-34-14-5-6-15-35(34)28-32)41-20-11-22-45-47(41)39-18-7-8-21-43(39)54-45/h2-30H,1,31H2/b52-50-,53-49-. The van der Waals surface area contributed by atoms with Crippen molar-refractivity contribution < 1.29 is 8.83 Å². The Labute approximate surface area is 317 Å². The number of benzene rings is 8. The van der Waals surface area contributed by atoms with Gasteiger partial charge in [0.05, 0.1) is 6.54 Å². The number of fused-ring (bicyclic) bond motifs is 7. The molecule has 0 radical (unpaired) electrons. The van der Waals surface area contributed by atoms with Crippen LogP contribution in [0, 0.1) is 0 Å². The molecule has 0 amide bonds. The van der Waals surface area contributed by atoms with Crippen LogP contribution in [0.2, 0.25) is 0 Å². The first-order valence-electron chi connectivity index (χ1n) is 18.3. The molecule has 55 heavy (non-hydrogen) atoms. The Bertz CT molecular complexity index is 3150. The van der Waals surface area contributed by atoms with Gasteiger partial charge in [-0.3, -0.25) is 4.99 Å². The first-order valence-corrected chi connectivity index (χ1v) is 18.3. The lowest BCUT2D eigenvalue weighted by atomic mass is 9.97. The van der Waals surface area contributed by atoms with E-state index in [1.54, 1.807) is 0 Å². The van der Waals surface area contributed by atoms with Gasteiger partial charge in [0.2, 0.25) is 0 Å². The van der Waals surface area contributed by atoms with Crippen molar-refractivity contribution >= 4 is 73.0 Å². The van der Waals surface area contributed by atoms with Gasteiger partial charge >= 0.3 is 0 Å². The molecule has 0 saturated heterocycles. The van der Waals surface area contributed by atoms with Gasteiger partial charge in [-0.2, -0.15) is 0 Å². The van der Waals surface area contributed by atoms with Crippen LogP contribution in [0.3, 0.4) is 0 Å². The molecule has 10 aromatic rings. The summed E-state index contributed by atoms with van der Waals surface area (Å²) >= 11 is 0. The van der Waals surface area contributed by atoms with E-state index >= 15 is 0 Å². The van der Waals surface area contributed by atoms with Gasteiger partial charge in [0.25, 0.3) is 0 Å². The molecule has 0 unspecified atom stereocenters. The van der Waals surface area contributed by atoms with E-state index in [4.69, 9.17) is 18.8 Å². The Kier molecular flexibility index (Phi) is 7.96. The van der Waals surface area contributed by atoms with E-state index in [9.17, 15) is 0 Å². The number of hydrogen-bond acceptors (Lipinski definition) is 3. The molecule has 0 fully saturated rings. The lowest BCUT2D eigenvalue weighted by Crippen LogP contribution is -2.06. The third kappa shape index (κ3) is 5.88. The molecule has 5 heteroatoms. The van der Waals surface area contributed by atoms with Crippen LogP contribution in [0.1, 0.15) is 16.7 Å². The third-order valence-electron chi connectivity index (χ3n) is 10.3. The Hall–Kier alpha value is -7.37. The van der Waals surface area contributed by atoms with Crippen molar-refractivity contribution in [1.29, 1.82) is 0 Å². The second-order valence-electron chi connectivity index (χ2n) is 13.6. The molecule has 0 saturated carbocycles. The summed E-state index contributed by atoms with van der Waals surface area (Å²) < 4.78 is 12.7. The van der Waals surface area contributed by atoms with Crippen molar-refractivity contribution in [1.82, 2.24) is 0 Å². The first kappa shape index (κ1) is 32.3. The van der Waals surface area contributed by atoms with Gasteiger partial charge in [-0.05, 0) is 87.8 Å². The minimum atomic E-state index is 0.421. The van der Waals surface area contributed by atoms with Crippen LogP contribution in [0.25, 0.3) is 76.9 Å². The quantitative estimate of drug-likeness (QED) is 0.128. The van der Waals surface area contributed by atoms with E-state index in [0.29, 0.717) is 18.2 Å². The fourth-order valence-electron chi connectivity index (χ4n) is 7.63. The fraction of sp³-hybridized carbons (Fsp3) is 0.0200. The average molecular weight is 708 g/mol. The summed E-state index contributed by atoms with van der Waals surface area (Å²) in [6.07, 6.45) is 0. The van der Waals surface area contributed by atoms with E-state index in [1.807, 2.05) is 60.7 Å². The number of hydrogen-bond donors (Lipinski definition) is 0. The predicted octanol–water partition coefficient (Wildman–Crippen LogP) is 13.1. The molecule has 0 atom stereocenters. The van der Waals surface area contributed by atoms with Crippen LogP contribution >= 0.6 is 0 Å². The van der Waals surface area contributed by atoms with Crippen molar-refractivity contribution in [2.45, 2.75) is 6.54 Å². The largest absolute Gasteiger partial charge is 0.456 e. The zero-order valence-electron chi connectivity index (χ0n) is 29.8. The van der Waals surface area contributed by atoms with E-state index in [2.05, 4.69) is 127 Å². The second kappa shape index (κ2) is 13.6. The summed E-state index contributed by atoms with van der Waals surface area (Å²) in [5.74, 6) is 0.989.